The average Bonchev–Trinajstić information content (AvgIpc) is 2.48. The molecule has 20 heavy (non-hydrogen) atoms. The van der Waals surface area contributed by atoms with E-state index >= 15 is 0 Å². The van der Waals surface area contributed by atoms with Crippen LogP contribution < -0.4 is 5.32 Å². The molecule has 0 aliphatic carbocycles. The van der Waals surface area contributed by atoms with E-state index in [1.165, 1.54) is 0 Å². The number of aliphatic hydroxyl groups excluding tert-OH is 1. The Hall–Kier alpha value is -1.26. The van der Waals surface area contributed by atoms with Gasteiger partial charge in [-0.05, 0) is 42.9 Å². The summed E-state index contributed by atoms with van der Waals surface area (Å²) in [6, 6.07) is 5.69. The van der Waals surface area contributed by atoms with Gasteiger partial charge in [0.2, 0.25) is 0 Å². The molecule has 0 saturated carbocycles. The molecule has 0 bridgehead atoms. The Morgan fingerprint density at radius 3 is 3.05 bits per heavy atom. The number of benzene rings is 1. The Labute approximate surface area is 124 Å². The third-order valence-electron chi connectivity index (χ3n) is 3.73. The summed E-state index contributed by atoms with van der Waals surface area (Å²) in [7, 11) is 0. The first-order valence-corrected chi connectivity index (χ1v) is 7.36. The number of piperidine rings is 1. The van der Waals surface area contributed by atoms with Crippen LogP contribution in [0.25, 0.3) is 0 Å². The van der Waals surface area contributed by atoms with E-state index in [0.717, 1.165) is 35.5 Å². The highest BCUT2D eigenvalue weighted by molar-refractivity contribution is 6.31. The van der Waals surface area contributed by atoms with E-state index in [9.17, 15) is 9.90 Å². The standard InChI is InChI=1S/C15H21ClN2O2/c1-11-7-12(4-5-14(11)16)8-17-15(20)18-6-2-3-13(9-18)10-19/h4-5,7,13,19H,2-3,6,8-10H2,1H3,(H,17,20). The highest BCUT2D eigenvalue weighted by Crippen LogP contribution is 2.17. The molecule has 2 rings (SSSR count). The molecule has 1 aromatic carbocycles. The Morgan fingerprint density at radius 1 is 1.55 bits per heavy atom. The van der Waals surface area contributed by atoms with E-state index in [-0.39, 0.29) is 18.6 Å². The molecule has 1 fully saturated rings. The van der Waals surface area contributed by atoms with Gasteiger partial charge in [0.05, 0.1) is 0 Å². The highest BCUT2D eigenvalue weighted by atomic mass is 35.5. The minimum atomic E-state index is -0.0595. The van der Waals surface area contributed by atoms with Crippen molar-refractivity contribution in [2.75, 3.05) is 19.7 Å². The normalized spacial score (nSPS) is 18.9. The number of nitrogens with zero attached hydrogens (tertiary/aromatic N) is 1. The molecule has 1 saturated heterocycles. The number of hydrogen-bond acceptors (Lipinski definition) is 2. The molecule has 0 aromatic heterocycles. The van der Waals surface area contributed by atoms with Crippen LogP contribution in [0.3, 0.4) is 0 Å². The second-order valence-electron chi connectivity index (χ2n) is 5.38. The van der Waals surface area contributed by atoms with Gasteiger partial charge in [-0.2, -0.15) is 0 Å². The second kappa shape index (κ2) is 6.95. The summed E-state index contributed by atoms with van der Waals surface area (Å²) in [6.45, 7) is 4.01. The maximum absolute atomic E-state index is 12.1. The van der Waals surface area contributed by atoms with Crippen LogP contribution in [0.15, 0.2) is 18.2 Å². The lowest BCUT2D eigenvalue weighted by Gasteiger charge is -2.31. The molecule has 0 spiro atoms. The quantitative estimate of drug-likeness (QED) is 0.901. The minimum absolute atomic E-state index is 0.0595. The first-order chi connectivity index (χ1) is 9.60. The Kier molecular flexibility index (Phi) is 5.26. The van der Waals surface area contributed by atoms with Crippen molar-refractivity contribution in [1.29, 1.82) is 0 Å². The molecular weight excluding hydrogens is 276 g/mol. The van der Waals surface area contributed by atoms with Crippen LogP contribution in [-0.4, -0.2) is 35.7 Å². The van der Waals surface area contributed by atoms with E-state index in [2.05, 4.69) is 5.32 Å². The van der Waals surface area contributed by atoms with Gasteiger partial charge in [0.15, 0.2) is 0 Å². The van der Waals surface area contributed by atoms with Crippen molar-refractivity contribution in [2.45, 2.75) is 26.3 Å². The van der Waals surface area contributed by atoms with Crippen LogP contribution in [-0.2, 0) is 6.54 Å². The fourth-order valence-electron chi connectivity index (χ4n) is 2.50. The molecule has 1 aromatic rings. The van der Waals surface area contributed by atoms with Gasteiger partial charge in [-0.15, -0.1) is 0 Å². The lowest BCUT2D eigenvalue weighted by Crippen LogP contribution is -2.45. The molecule has 110 valence electrons. The van der Waals surface area contributed by atoms with Gasteiger partial charge in [-0.1, -0.05) is 23.7 Å². The first-order valence-electron chi connectivity index (χ1n) is 6.99. The molecule has 5 heteroatoms. The van der Waals surface area contributed by atoms with Gasteiger partial charge >= 0.3 is 6.03 Å². The average molecular weight is 297 g/mol. The lowest BCUT2D eigenvalue weighted by molar-refractivity contribution is 0.129. The van der Waals surface area contributed by atoms with Crippen LogP contribution in [0.1, 0.15) is 24.0 Å². The highest BCUT2D eigenvalue weighted by Gasteiger charge is 2.22. The van der Waals surface area contributed by atoms with Crippen molar-refractivity contribution in [3.05, 3.63) is 34.3 Å². The van der Waals surface area contributed by atoms with E-state index in [1.54, 1.807) is 4.90 Å². The SMILES string of the molecule is Cc1cc(CNC(=O)N2CCCC(CO)C2)ccc1Cl. The van der Waals surface area contributed by atoms with Crippen molar-refractivity contribution in [3.8, 4) is 0 Å². The molecule has 2 N–H and O–H groups in total. The van der Waals surface area contributed by atoms with E-state index < -0.39 is 0 Å². The van der Waals surface area contributed by atoms with Crippen LogP contribution >= 0.6 is 11.6 Å². The molecular formula is C15H21ClN2O2. The molecule has 2 amide bonds. The lowest BCUT2D eigenvalue weighted by atomic mass is 9.99. The maximum Gasteiger partial charge on any atom is 0.317 e. The fourth-order valence-corrected chi connectivity index (χ4v) is 2.62. The second-order valence-corrected chi connectivity index (χ2v) is 5.79. The topological polar surface area (TPSA) is 52.6 Å². The van der Waals surface area contributed by atoms with Crippen LogP contribution in [0.5, 0.6) is 0 Å². The van der Waals surface area contributed by atoms with Crippen molar-refractivity contribution in [1.82, 2.24) is 10.2 Å². The number of aryl methyl sites for hydroxylation is 1. The number of halogens is 1. The van der Waals surface area contributed by atoms with Crippen molar-refractivity contribution in [3.63, 3.8) is 0 Å². The van der Waals surface area contributed by atoms with Gasteiger partial charge in [0, 0.05) is 31.3 Å². The number of aliphatic hydroxyl groups is 1. The Balaban J connectivity index is 1.86. The fraction of sp³-hybridized carbons (Fsp3) is 0.533. The summed E-state index contributed by atoms with van der Waals surface area (Å²) in [5.74, 6) is 0.215. The molecule has 1 aliphatic rings. The number of carbonyl (C=O) groups is 1. The number of urea groups is 1. The van der Waals surface area contributed by atoms with E-state index in [4.69, 9.17) is 11.6 Å². The predicted molar refractivity (Wildman–Crippen MR) is 79.8 cm³/mol. The predicted octanol–water partition coefficient (Wildman–Crippen LogP) is 2.56. The number of carbonyl (C=O) groups excluding carboxylic acids is 1. The molecule has 1 atom stereocenters. The van der Waals surface area contributed by atoms with Gasteiger partial charge in [-0.3, -0.25) is 0 Å². The third-order valence-corrected chi connectivity index (χ3v) is 4.15. The summed E-state index contributed by atoms with van der Waals surface area (Å²) in [4.78, 5) is 13.9. The Morgan fingerprint density at radius 2 is 2.35 bits per heavy atom. The molecule has 4 nitrogen and oxygen atoms in total. The van der Waals surface area contributed by atoms with Crippen molar-refractivity contribution in [2.24, 2.45) is 5.92 Å². The summed E-state index contributed by atoms with van der Waals surface area (Å²) in [5.41, 5.74) is 2.05. The van der Waals surface area contributed by atoms with E-state index in [0.29, 0.717) is 13.1 Å². The zero-order valence-electron chi connectivity index (χ0n) is 11.7. The van der Waals surface area contributed by atoms with E-state index in [1.807, 2.05) is 25.1 Å². The molecule has 1 aliphatic heterocycles. The Bertz CT molecular complexity index is 479. The van der Waals surface area contributed by atoms with Crippen LogP contribution in [0.4, 0.5) is 4.79 Å². The molecule has 1 heterocycles. The van der Waals surface area contributed by atoms with Crippen molar-refractivity contribution >= 4 is 17.6 Å². The molecule has 1 unspecified atom stereocenters. The largest absolute Gasteiger partial charge is 0.396 e. The maximum atomic E-state index is 12.1. The van der Waals surface area contributed by atoms with Crippen LogP contribution in [0, 0.1) is 12.8 Å². The number of hydrogen-bond donors (Lipinski definition) is 2. The third kappa shape index (κ3) is 3.87. The van der Waals surface area contributed by atoms with Gasteiger partial charge in [-0.25, -0.2) is 4.79 Å². The minimum Gasteiger partial charge on any atom is -0.396 e. The van der Waals surface area contributed by atoms with Crippen molar-refractivity contribution < 1.29 is 9.90 Å². The van der Waals surface area contributed by atoms with Crippen LogP contribution in [0.2, 0.25) is 5.02 Å². The number of likely N-dealkylation sites (tertiary alicyclic amines) is 1. The van der Waals surface area contributed by atoms with Gasteiger partial charge in [0.1, 0.15) is 0 Å². The van der Waals surface area contributed by atoms with Gasteiger partial charge in [0.25, 0.3) is 0 Å². The number of amides is 2. The monoisotopic (exact) mass is 296 g/mol. The zero-order chi connectivity index (χ0) is 14.5. The summed E-state index contributed by atoms with van der Waals surface area (Å²) in [6.07, 6.45) is 1.95. The zero-order valence-corrected chi connectivity index (χ0v) is 12.5. The first kappa shape index (κ1) is 15.1. The summed E-state index contributed by atoms with van der Waals surface area (Å²) >= 11 is 5.98. The smallest absolute Gasteiger partial charge is 0.317 e. The number of rotatable bonds is 3. The van der Waals surface area contributed by atoms with Gasteiger partial charge < -0.3 is 15.3 Å². The molecule has 0 radical (unpaired) electrons. The summed E-state index contributed by atoms with van der Waals surface area (Å²) in [5, 5.41) is 12.8. The summed E-state index contributed by atoms with van der Waals surface area (Å²) < 4.78 is 0. The number of nitrogens with one attached hydrogen (secondary N) is 1.